The summed E-state index contributed by atoms with van der Waals surface area (Å²) < 4.78 is 5.77. The zero-order valence-electron chi connectivity index (χ0n) is 9.45. The van der Waals surface area contributed by atoms with Gasteiger partial charge in [0.2, 0.25) is 0 Å². The molecule has 3 rings (SSSR count). The molecule has 90 valence electrons. The van der Waals surface area contributed by atoms with E-state index in [1.807, 2.05) is 6.07 Å². The Morgan fingerprint density at radius 3 is 2.94 bits per heavy atom. The molecule has 1 fully saturated rings. The summed E-state index contributed by atoms with van der Waals surface area (Å²) in [5, 5.41) is 4.89. The fraction of sp³-hybridized carbons (Fsp3) is 0.417. The molecule has 1 aliphatic rings. The number of halogens is 1. The lowest BCUT2D eigenvalue weighted by Crippen LogP contribution is -2.42. The number of nitrogens with one attached hydrogen (secondary N) is 1. The Kier molecular flexibility index (Phi) is 3.01. The van der Waals surface area contributed by atoms with Gasteiger partial charge >= 0.3 is 0 Å². The number of nitrogens with zero attached hydrogens (tertiary/aromatic N) is 2. The van der Waals surface area contributed by atoms with Crippen molar-refractivity contribution in [1.29, 1.82) is 0 Å². The smallest absolute Gasteiger partial charge is 0.156 e. The number of fused-ring (bicyclic) bond motifs is 1. The lowest BCUT2D eigenvalue weighted by Gasteiger charge is -2.26. The van der Waals surface area contributed by atoms with Gasteiger partial charge in [-0.05, 0) is 6.07 Å². The van der Waals surface area contributed by atoms with Gasteiger partial charge in [-0.15, -0.1) is 0 Å². The van der Waals surface area contributed by atoms with Crippen LogP contribution in [0.4, 0.5) is 0 Å². The second-order valence-corrected chi connectivity index (χ2v) is 4.69. The largest absolute Gasteiger partial charge is 0.458 e. The van der Waals surface area contributed by atoms with Gasteiger partial charge in [-0.3, -0.25) is 9.88 Å². The molecule has 17 heavy (non-hydrogen) atoms. The van der Waals surface area contributed by atoms with Crippen LogP contribution in [0.15, 0.2) is 22.9 Å². The zero-order valence-corrected chi connectivity index (χ0v) is 10.2. The highest BCUT2D eigenvalue weighted by atomic mass is 35.5. The monoisotopic (exact) mass is 251 g/mol. The van der Waals surface area contributed by atoms with E-state index in [4.69, 9.17) is 16.0 Å². The molecule has 3 heterocycles. The Morgan fingerprint density at radius 1 is 1.35 bits per heavy atom. The third-order valence-corrected chi connectivity index (χ3v) is 3.29. The molecule has 0 spiro atoms. The highest BCUT2D eigenvalue weighted by molar-refractivity contribution is 6.34. The van der Waals surface area contributed by atoms with Crippen molar-refractivity contribution < 1.29 is 4.42 Å². The number of rotatable bonds is 2. The van der Waals surface area contributed by atoms with Gasteiger partial charge in [-0.1, -0.05) is 11.6 Å². The van der Waals surface area contributed by atoms with E-state index in [1.54, 1.807) is 12.4 Å². The first-order valence-electron chi connectivity index (χ1n) is 5.78. The molecule has 1 saturated heterocycles. The minimum Gasteiger partial charge on any atom is -0.458 e. The summed E-state index contributed by atoms with van der Waals surface area (Å²) in [6.07, 6.45) is 3.40. The topological polar surface area (TPSA) is 41.3 Å². The Hall–Kier alpha value is -1.10. The van der Waals surface area contributed by atoms with Crippen LogP contribution >= 0.6 is 11.6 Å². The third-order valence-electron chi connectivity index (χ3n) is 3.02. The summed E-state index contributed by atoms with van der Waals surface area (Å²) in [4.78, 5) is 6.43. The molecule has 1 aliphatic heterocycles. The molecule has 0 unspecified atom stereocenters. The van der Waals surface area contributed by atoms with E-state index >= 15 is 0 Å². The standard InChI is InChI=1S/C12H14ClN3O/c13-11-7-15-6-9-5-10(17-12(9)11)8-16-3-1-14-2-4-16/h5-7,14H,1-4,8H2. The van der Waals surface area contributed by atoms with Crippen LogP contribution in [0, 0.1) is 0 Å². The fourth-order valence-electron chi connectivity index (χ4n) is 2.15. The quantitative estimate of drug-likeness (QED) is 0.885. The fourth-order valence-corrected chi connectivity index (χ4v) is 2.35. The van der Waals surface area contributed by atoms with E-state index in [0.717, 1.165) is 49.5 Å². The molecule has 0 atom stereocenters. The van der Waals surface area contributed by atoms with Gasteiger partial charge in [-0.25, -0.2) is 0 Å². The number of aromatic nitrogens is 1. The first-order valence-corrected chi connectivity index (χ1v) is 6.16. The molecular weight excluding hydrogens is 238 g/mol. The van der Waals surface area contributed by atoms with Crippen molar-refractivity contribution in [3.05, 3.63) is 29.2 Å². The van der Waals surface area contributed by atoms with Crippen molar-refractivity contribution in [2.45, 2.75) is 6.54 Å². The van der Waals surface area contributed by atoms with Crippen LogP contribution in [0.3, 0.4) is 0 Å². The van der Waals surface area contributed by atoms with E-state index in [9.17, 15) is 0 Å². The average Bonchev–Trinajstić information content (AvgIpc) is 2.74. The number of pyridine rings is 1. The van der Waals surface area contributed by atoms with E-state index in [2.05, 4.69) is 15.2 Å². The Bertz CT molecular complexity index is 519. The molecule has 0 bridgehead atoms. The lowest BCUT2D eigenvalue weighted by molar-refractivity contribution is 0.218. The van der Waals surface area contributed by atoms with E-state index in [-0.39, 0.29) is 0 Å². The minimum absolute atomic E-state index is 0.578. The van der Waals surface area contributed by atoms with Gasteiger partial charge in [0.25, 0.3) is 0 Å². The van der Waals surface area contributed by atoms with Crippen molar-refractivity contribution in [1.82, 2.24) is 15.2 Å². The second kappa shape index (κ2) is 4.64. The third kappa shape index (κ3) is 2.29. The van der Waals surface area contributed by atoms with E-state index < -0.39 is 0 Å². The van der Waals surface area contributed by atoms with Crippen molar-refractivity contribution in [2.24, 2.45) is 0 Å². The highest BCUT2D eigenvalue weighted by Gasteiger charge is 2.13. The van der Waals surface area contributed by atoms with Crippen LogP contribution in [-0.4, -0.2) is 36.1 Å². The predicted octanol–water partition coefficient (Wildman–Crippen LogP) is 1.89. The maximum atomic E-state index is 6.03. The summed E-state index contributed by atoms with van der Waals surface area (Å²) in [7, 11) is 0. The number of hydrogen-bond donors (Lipinski definition) is 1. The molecule has 0 aliphatic carbocycles. The van der Waals surface area contributed by atoms with E-state index in [0.29, 0.717) is 5.02 Å². The molecule has 4 nitrogen and oxygen atoms in total. The maximum absolute atomic E-state index is 6.03. The van der Waals surface area contributed by atoms with Gasteiger partial charge in [-0.2, -0.15) is 0 Å². The molecule has 0 aromatic carbocycles. The van der Waals surface area contributed by atoms with Crippen molar-refractivity contribution >= 4 is 22.6 Å². The van der Waals surface area contributed by atoms with E-state index in [1.165, 1.54) is 0 Å². The van der Waals surface area contributed by atoms with Crippen molar-refractivity contribution in [2.75, 3.05) is 26.2 Å². The predicted molar refractivity (Wildman–Crippen MR) is 67.2 cm³/mol. The van der Waals surface area contributed by atoms with Crippen LogP contribution in [0.5, 0.6) is 0 Å². The SMILES string of the molecule is Clc1cncc2cc(CN3CCNCC3)oc12. The molecule has 2 aromatic rings. The number of hydrogen-bond acceptors (Lipinski definition) is 4. The van der Waals surface area contributed by atoms with Crippen molar-refractivity contribution in [3.8, 4) is 0 Å². The average molecular weight is 252 g/mol. The van der Waals surface area contributed by atoms with Gasteiger partial charge in [0.15, 0.2) is 5.58 Å². The molecule has 1 N–H and O–H groups in total. The summed E-state index contributed by atoms with van der Waals surface area (Å²) in [6.45, 7) is 5.05. The molecule has 0 saturated carbocycles. The van der Waals surface area contributed by atoms with Crippen LogP contribution in [0.2, 0.25) is 5.02 Å². The molecule has 5 heteroatoms. The Morgan fingerprint density at radius 2 is 2.18 bits per heavy atom. The van der Waals surface area contributed by atoms with Crippen LogP contribution in [0.25, 0.3) is 11.0 Å². The Balaban J connectivity index is 1.83. The normalized spacial score (nSPS) is 17.7. The van der Waals surface area contributed by atoms with Crippen molar-refractivity contribution in [3.63, 3.8) is 0 Å². The summed E-state index contributed by atoms with van der Waals surface area (Å²) in [5.41, 5.74) is 0.742. The first-order chi connectivity index (χ1) is 8.33. The van der Waals surface area contributed by atoms with Crippen LogP contribution < -0.4 is 5.32 Å². The summed E-state index contributed by atoms with van der Waals surface area (Å²) in [5.74, 6) is 0.955. The molecule has 0 radical (unpaired) electrons. The van der Waals surface area contributed by atoms with Gasteiger partial charge in [0.1, 0.15) is 10.8 Å². The highest BCUT2D eigenvalue weighted by Crippen LogP contribution is 2.26. The summed E-state index contributed by atoms with van der Waals surface area (Å²) >= 11 is 6.03. The number of furan rings is 1. The first kappa shape index (κ1) is 11.0. The summed E-state index contributed by atoms with van der Waals surface area (Å²) in [6, 6.07) is 2.02. The van der Waals surface area contributed by atoms with Crippen LogP contribution in [-0.2, 0) is 6.54 Å². The Labute approximate surface area is 105 Å². The molecule has 2 aromatic heterocycles. The lowest BCUT2D eigenvalue weighted by atomic mass is 10.3. The number of piperazine rings is 1. The zero-order chi connectivity index (χ0) is 11.7. The van der Waals surface area contributed by atoms with Crippen LogP contribution in [0.1, 0.15) is 5.76 Å². The van der Waals surface area contributed by atoms with Gasteiger partial charge in [0.05, 0.1) is 6.54 Å². The molecule has 0 amide bonds. The minimum atomic E-state index is 0.578. The molecular formula is C12H14ClN3O. The second-order valence-electron chi connectivity index (χ2n) is 4.28. The van der Waals surface area contributed by atoms with Gasteiger partial charge in [0, 0.05) is 44.0 Å². The van der Waals surface area contributed by atoms with Gasteiger partial charge < -0.3 is 9.73 Å². The maximum Gasteiger partial charge on any atom is 0.156 e.